The second kappa shape index (κ2) is 4.97. The van der Waals surface area contributed by atoms with Crippen LogP contribution in [0.4, 0.5) is 0 Å². The molecule has 0 heterocycles. The van der Waals surface area contributed by atoms with Gasteiger partial charge in [0, 0.05) is 6.54 Å². The van der Waals surface area contributed by atoms with Crippen molar-refractivity contribution in [3.8, 4) is 0 Å². The molecule has 1 rings (SSSR count). The number of rotatable bonds is 3. The third kappa shape index (κ3) is 4.04. The number of benzene rings is 1. The van der Waals surface area contributed by atoms with Crippen LogP contribution in [-0.4, -0.2) is 11.5 Å². The Balaban J connectivity index is 2.37. The van der Waals surface area contributed by atoms with E-state index in [2.05, 4.69) is 36.5 Å². The summed E-state index contributed by atoms with van der Waals surface area (Å²) in [5.74, 6) is 0. The topological polar surface area (TPSA) is 12.0 Å². The molecule has 0 spiro atoms. The first-order valence-corrected chi connectivity index (χ1v) is 4.89. The molecule has 1 nitrogen and oxygen atoms in total. The van der Waals surface area contributed by atoms with Crippen molar-refractivity contribution in [2.45, 2.75) is 20.3 Å². The van der Waals surface area contributed by atoms with Gasteiger partial charge in [-0.1, -0.05) is 42.0 Å². The molecule has 0 radical (unpaired) electrons. The molecule has 0 fully saturated rings. The lowest BCUT2D eigenvalue weighted by Gasteiger charge is -2.03. The van der Waals surface area contributed by atoms with Crippen LogP contribution in [0, 0.1) is 6.92 Å². The first kappa shape index (κ1) is 10.2. The van der Waals surface area contributed by atoms with Crippen molar-refractivity contribution in [3.63, 3.8) is 0 Å². The molecule has 0 unspecified atom stereocenters. The van der Waals surface area contributed by atoms with Gasteiger partial charge in [-0.3, -0.25) is 0 Å². The van der Waals surface area contributed by atoms with Gasteiger partial charge in [0.05, 0.1) is 4.99 Å². The number of aryl methyl sites for hydroxylation is 1. The van der Waals surface area contributed by atoms with Gasteiger partial charge in [0.15, 0.2) is 0 Å². The van der Waals surface area contributed by atoms with Crippen molar-refractivity contribution in [1.82, 2.24) is 5.32 Å². The van der Waals surface area contributed by atoms with Crippen LogP contribution in [-0.2, 0) is 6.42 Å². The number of thiocarbonyl (C=S) groups is 1. The van der Waals surface area contributed by atoms with Crippen molar-refractivity contribution in [2.24, 2.45) is 0 Å². The summed E-state index contributed by atoms with van der Waals surface area (Å²) in [6, 6.07) is 8.60. The minimum absolute atomic E-state index is 0.868. The number of hydrogen-bond acceptors (Lipinski definition) is 1. The highest BCUT2D eigenvalue weighted by atomic mass is 32.1. The molecule has 0 saturated heterocycles. The molecule has 0 aliphatic carbocycles. The number of nitrogens with one attached hydrogen (secondary N) is 1. The van der Waals surface area contributed by atoms with E-state index in [1.54, 1.807) is 0 Å². The highest BCUT2D eigenvalue weighted by Crippen LogP contribution is 2.02. The highest BCUT2D eigenvalue weighted by molar-refractivity contribution is 7.80. The molecule has 0 aliphatic heterocycles. The van der Waals surface area contributed by atoms with Crippen LogP contribution >= 0.6 is 12.2 Å². The molecule has 0 atom stereocenters. The summed E-state index contributed by atoms with van der Waals surface area (Å²) in [4.78, 5) is 0.868. The largest absolute Gasteiger partial charge is 0.380 e. The van der Waals surface area contributed by atoms with E-state index < -0.39 is 0 Å². The molecule has 0 amide bonds. The first-order valence-electron chi connectivity index (χ1n) is 4.48. The van der Waals surface area contributed by atoms with Gasteiger partial charge in [-0.2, -0.15) is 0 Å². The monoisotopic (exact) mass is 193 g/mol. The molecular formula is C11H15NS. The van der Waals surface area contributed by atoms with Crippen LogP contribution in [0.15, 0.2) is 24.3 Å². The molecule has 1 aromatic carbocycles. The summed E-state index contributed by atoms with van der Waals surface area (Å²) in [7, 11) is 0. The molecular weight excluding hydrogens is 178 g/mol. The fraction of sp³-hybridized carbons (Fsp3) is 0.364. The number of hydrogen-bond donors (Lipinski definition) is 1. The van der Waals surface area contributed by atoms with E-state index >= 15 is 0 Å². The highest BCUT2D eigenvalue weighted by Gasteiger charge is 1.92. The Hall–Kier alpha value is -0.890. The lowest BCUT2D eigenvalue weighted by atomic mass is 10.1. The van der Waals surface area contributed by atoms with Crippen molar-refractivity contribution >= 4 is 17.2 Å². The fourth-order valence-corrected chi connectivity index (χ4v) is 1.24. The van der Waals surface area contributed by atoms with Crippen molar-refractivity contribution in [2.75, 3.05) is 6.54 Å². The van der Waals surface area contributed by atoms with Crippen molar-refractivity contribution < 1.29 is 0 Å². The maximum Gasteiger partial charge on any atom is 0.0722 e. The maximum absolute atomic E-state index is 4.92. The minimum Gasteiger partial charge on any atom is -0.380 e. The molecule has 2 heteroatoms. The zero-order chi connectivity index (χ0) is 9.68. The molecule has 0 aromatic heterocycles. The second-order valence-electron chi connectivity index (χ2n) is 3.22. The van der Waals surface area contributed by atoms with Crippen LogP contribution in [0.5, 0.6) is 0 Å². The molecule has 70 valence electrons. The lowest BCUT2D eigenvalue weighted by Crippen LogP contribution is -2.20. The predicted octanol–water partition coefficient (Wildman–Crippen LogP) is 2.47. The Morgan fingerprint density at radius 2 is 1.92 bits per heavy atom. The Bertz CT molecular complexity index is 277. The van der Waals surface area contributed by atoms with Gasteiger partial charge in [0.2, 0.25) is 0 Å². The normalized spacial score (nSPS) is 9.69. The van der Waals surface area contributed by atoms with Crippen molar-refractivity contribution in [1.29, 1.82) is 0 Å². The molecule has 0 bridgehead atoms. The SMILES string of the molecule is CC(=S)NCCc1ccc(C)cc1. The van der Waals surface area contributed by atoms with E-state index in [0.717, 1.165) is 18.0 Å². The summed E-state index contributed by atoms with van der Waals surface area (Å²) >= 11 is 4.92. The Morgan fingerprint density at radius 3 is 2.46 bits per heavy atom. The van der Waals surface area contributed by atoms with Gasteiger partial charge in [-0.25, -0.2) is 0 Å². The predicted molar refractivity (Wildman–Crippen MR) is 61.2 cm³/mol. The van der Waals surface area contributed by atoms with Gasteiger partial charge < -0.3 is 5.32 Å². The average molecular weight is 193 g/mol. The van der Waals surface area contributed by atoms with Crippen LogP contribution in [0.1, 0.15) is 18.1 Å². The molecule has 13 heavy (non-hydrogen) atoms. The summed E-state index contributed by atoms with van der Waals surface area (Å²) in [6.45, 7) is 4.94. The average Bonchev–Trinajstić information content (AvgIpc) is 2.08. The fourth-order valence-electron chi connectivity index (χ4n) is 1.14. The van der Waals surface area contributed by atoms with Crippen molar-refractivity contribution in [3.05, 3.63) is 35.4 Å². The molecule has 1 N–H and O–H groups in total. The van der Waals surface area contributed by atoms with E-state index in [9.17, 15) is 0 Å². The molecule has 1 aromatic rings. The van der Waals surface area contributed by atoms with Gasteiger partial charge in [0.25, 0.3) is 0 Å². The van der Waals surface area contributed by atoms with E-state index in [4.69, 9.17) is 12.2 Å². The Labute approximate surface area is 85.2 Å². The van der Waals surface area contributed by atoms with Crippen LogP contribution in [0.25, 0.3) is 0 Å². The van der Waals surface area contributed by atoms with Crippen LogP contribution < -0.4 is 5.32 Å². The first-order chi connectivity index (χ1) is 6.18. The zero-order valence-corrected chi connectivity index (χ0v) is 8.95. The smallest absolute Gasteiger partial charge is 0.0722 e. The zero-order valence-electron chi connectivity index (χ0n) is 8.13. The van der Waals surface area contributed by atoms with Crippen LogP contribution in [0.2, 0.25) is 0 Å². The Morgan fingerprint density at radius 1 is 1.31 bits per heavy atom. The Kier molecular flexibility index (Phi) is 3.90. The summed E-state index contributed by atoms with van der Waals surface area (Å²) < 4.78 is 0. The quantitative estimate of drug-likeness (QED) is 0.740. The van der Waals surface area contributed by atoms with Gasteiger partial charge >= 0.3 is 0 Å². The second-order valence-corrected chi connectivity index (χ2v) is 3.83. The third-order valence-electron chi connectivity index (χ3n) is 1.91. The van der Waals surface area contributed by atoms with Crippen LogP contribution in [0.3, 0.4) is 0 Å². The minimum atomic E-state index is 0.868. The lowest BCUT2D eigenvalue weighted by molar-refractivity contribution is 0.872. The summed E-state index contributed by atoms with van der Waals surface area (Å²) in [5.41, 5.74) is 2.66. The van der Waals surface area contributed by atoms with E-state index in [0.29, 0.717) is 0 Å². The van der Waals surface area contributed by atoms with Gasteiger partial charge in [-0.15, -0.1) is 0 Å². The standard InChI is InChI=1S/C11H15NS/c1-9-3-5-11(6-4-9)7-8-12-10(2)13/h3-6H,7-8H2,1-2H3,(H,12,13). The maximum atomic E-state index is 4.92. The summed E-state index contributed by atoms with van der Waals surface area (Å²) in [6.07, 6.45) is 1.04. The van der Waals surface area contributed by atoms with Gasteiger partial charge in [0.1, 0.15) is 0 Å². The van der Waals surface area contributed by atoms with E-state index in [-0.39, 0.29) is 0 Å². The molecule has 0 saturated carbocycles. The van der Waals surface area contributed by atoms with E-state index in [1.807, 2.05) is 6.92 Å². The van der Waals surface area contributed by atoms with Gasteiger partial charge in [-0.05, 0) is 25.8 Å². The summed E-state index contributed by atoms with van der Waals surface area (Å²) in [5, 5.41) is 3.14. The molecule has 0 aliphatic rings. The van der Waals surface area contributed by atoms with E-state index in [1.165, 1.54) is 11.1 Å². The third-order valence-corrected chi connectivity index (χ3v) is 2.05.